The Labute approximate surface area is 169 Å². The molecule has 3 aromatic rings. The molecular weight excluding hydrogens is 367 g/mol. The Kier molecular flexibility index (Phi) is 5.32. The van der Waals surface area contributed by atoms with Crippen molar-refractivity contribution in [2.75, 3.05) is 38.1 Å². The van der Waals surface area contributed by atoms with E-state index in [1.807, 2.05) is 45.9 Å². The van der Waals surface area contributed by atoms with Gasteiger partial charge in [-0.15, -0.1) is 0 Å². The van der Waals surface area contributed by atoms with Crippen molar-refractivity contribution in [2.45, 2.75) is 13.0 Å². The van der Waals surface area contributed by atoms with E-state index >= 15 is 0 Å². The molecular formula is C23H23FN4O. The summed E-state index contributed by atoms with van der Waals surface area (Å²) >= 11 is 0. The highest BCUT2D eigenvalue weighted by Gasteiger charge is 2.20. The summed E-state index contributed by atoms with van der Waals surface area (Å²) in [4.78, 5) is 16.9. The van der Waals surface area contributed by atoms with Crippen molar-refractivity contribution in [1.29, 1.82) is 5.26 Å². The van der Waals surface area contributed by atoms with Crippen LogP contribution in [0.25, 0.3) is 10.9 Å². The number of piperazine rings is 1. The Morgan fingerprint density at radius 2 is 1.83 bits per heavy atom. The summed E-state index contributed by atoms with van der Waals surface area (Å²) < 4.78 is 16.8. The highest BCUT2D eigenvalue weighted by Crippen LogP contribution is 2.26. The highest BCUT2D eigenvalue weighted by molar-refractivity contribution is 5.84. The van der Waals surface area contributed by atoms with Crippen LogP contribution in [0.15, 0.2) is 53.5 Å². The molecule has 4 rings (SSSR count). The van der Waals surface area contributed by atoms with Gasteiger partial charge in [-0.05, 0) is 31.2 Å². The molecule has 0 N–H and O–H groups in total. The minimum absolute atomic E-state index is 0.0392. The number of fused-ring (bicyclic) bond motifs is 1. The fourth-order valence-corrected chi connectivity index (χ4v) is 3.85. The average molecular weight is 390 g/mol. The number of aromatic nitrogens is 1. The van der Waals surface area contributed by atoms with E-state index in [2.05, 4.69) is 11.9 Å². The highest BCUT2D eigenvalue weighted by atomic mass is 19.1. The van der Waals surface area contributed by atoms with Crippen LogP contribution in [0.1, 0.15) is 11.1 Å². The average Bonchev–Trinajstić information content (AvgIpc) is 2.75. The number of hydrogen-bond acceptors (Lipinski definition) is 4. The van der Waals surface area contributed by atoms with E-state index in [0.717, 1.165) is 32.6 Å². The SMILES string of the molecule is CN1CCN(c2cc3c(cc2F)c(=O)c(C#N)cn3CCc2ccccc2)CC1. The molecule has 0 atom stereocenters. The van der Waals surface area contributed by atoms with Crippen LogP contribution in [-0.4, -0.2) is 42.7 Å². The number of pyridine rings is 1. The topological polar surface area (TPSA) is 52.3 Å². The molecule has 0 spiro atoms. The summed E-state index contributed by atoms with van der Waals surface area (Å²) in [5, 5.41) is 9.63. The van der Waals surface area contributed by atoms with E-state index < -0.39 is 11.2 Å². The van der Waals surface area contributed by atoms with Gasteiger partial charge >= 0.3 is 0 Å². The summed E-state index contributed by atoms with van der Waals surface area (Å²) in [6, 6.07) is 15.1. The van der Waals surface area contributed by atoms with Crippen molar-refractivity contribution in [3.8, 4) is 6.07 Å². The van der Waals surface area contributed by atoms with Crippen molar-refractivity contribution < 1.29 is 4.39 Å². The van der Waals surface area contributed by atoms with Crippen LogP contribution < -0.4 is 10.3 Å². The minimum Gasteiger partial charge on any atom is -0.367 e. The van der Waals surface area contributed by atoms with Crippen molar-refractivity contribution in [1.82, 2.24) is 9.47 Å². The first kappa shape index (κ1) is 19.2. The predicted molar refractivity (Wildman–Crippen MR) is 113 cm³/mol. The van der Waals surface area contributed by atoms with E-state index in [-0.39, 0.29) is 10.9 Å². The zero-order valence-electron chi connectivity index (χ0n) is 16.4. The van der Waals surface area contributed by atoms with Crippen molar-refractivity contribution in [3.63, 3.8) is 0 Å². The second-order valence-corrected chi connectivity index (χ2v) is 7.52. The van der Waals surface area contributed by atoms with Gasteiger partial charge in [0.1, 0.15) is 17.4 Å². The Bertz CT molecular complexity index is 1130. The lowest BCUT2D eigenvalue weighted by Gasteiger charge is -2.34. The molecule has 1 aliphatic rings. The minimum atomic E-state index is -0.415. The van der Waals surface area contributed by atoms with Gasteiger partial charge in [-0.1, -0.05) is 30.3 Å². The standard InChI is InChI=1S/C23H23FN4O/c1-26-9-11-27(12-10-26)22-14-21-19(13-20(22)24)23(29)18(15-25)16-28(21)8-7-17-5-3-2-4-6-17/h2-6,13-14,16H,7-12H2,1H3. The molecule has 0 amide bonds. The van der Waals surface area contributed by atoms with Crippen LogP contribution in [0, 0.1) is 17.1 Å². The zero-order valence-corrected chi connectivity index (χ0v) is 16.4. The fourth-order valence-electron chi connectivity index (χ4n) is 3.85. The van der Waals surface area contributed by atoms with Crippen LogP contribution >= 0.6 is 0 Å². The van der Waals surface area contributed by atoms with Gasteiger partial charge in [0.05, 0.1) is 16.6 Å². The smallest absolute Gasteiger partial charge is 0.207 e. The van der Waals surface area contributed by atoms with Gasteiger partial charge in [0, 0.05) is 38.9 Å². The Balaban J connectivity index is 1.78. The predicted octanol–water partition coefficient (Wildman–Crippen LogP) is 3.01. The lowest BCUT2D eigenvalue weighted by Crippen LogP contribution is -2.44. The van der Waals surface area contributed by atoms with Crippen molar-refractivity contribution in [3.05, 3.63) is 75.8 Å². The summed E-state index contributed by atoms with van der Waals surface area (Å²) in [6.07, 6.45) is 2.35. The summed E-state index contributed by atoms with van der Waals surface area (Å²) in [5.41, 5.74) is 1.97. The Morgan fingerprint density at radius 3 is 2.52 bits per heavy atom. The van der Waals surface area contributed by atoms with E-state index in [1.165, 1.54) is 11.6 Å². The molecule has 29 heavy (non-hydrogen) atoms. The van der Waals surface area contributed by atoms with E-state index in [9.17, 15) is 14.4 Å². The van der Waals surface area contributed by atoms with E-state index in [0.29, 0.717) is 17.7 Å². The summed E-state index contributed by atoms with van der Waals surface area (Å²) in [6.45, 7) is 3.81. The first-order valence-electron chi connectivity index (χ1n) is 9.81. The van der Waals surface area contributed by atoms with Gasteiger partial charge in [0.15, 0.2) is 0 Å². The molecule has 2 aromatic carbocycles. The molecule has 1 fully saturated rings. The Hall–Kier alpha value is -3.17. The van der Waals surface area contributed by atoms with Crippen LogP contribution in [0.5, 0.6) is 0 Å². The van der Waals surface area contributed by atoms with Gasteiger partial charge in [0.2, 0.25) is 5.43 Å². The van der Waals surface area contributed by atoms with Gasteiger partial charge in [-0.25, -0.2) is 4.39 Å². The maximum Gasteiger partial charge on any atom is 0.207 e. The van der Waals surface area contributed by atoms with Gasteiger partial charge in [-0.2, -0.15) is 5.26 Å². The third-order valence-electron chi connectivity index (χ3n) is 5.60. The maximum atomic E-state index is 14.9. The molecule has 1 saturated heterocycles. The molecule has 0 saturated carbocycles. The molecule has 0 bridgehead atoms. The molecule has 0 aliphatic carbocycles. The number of nitriles is 1. The second kappa shape index (κ2) is 8.06. The van der Waals surface area contributed by atoms with Crippen LogP contribution in [0.2, 0.25) is 0 Å². The molecule has 0 unspecified atom stereocenters. The largest absolute Gasteiger partial charge is 0.367 e. The first-order chi connectivity index (χ1) is 14.1. The second-order valence-electron chi connectivity index (χ2n) is 7.52. The van der Waals surface area contributed by atoms with Gasteiger partial charge in [-0.3, -0.25) is 4.79 Å². The number of likely N-dealkylation sites (N-methyl/N-ethyl adjacent to an activating group) is 1. The molecule has 5 nitrogen and oxygen atoms in total. The van der Waals surface area contributed by atoms with Gasteiger partial charge < -0.3 is 14.4 Å². The number of anilines is 1. The number of hydrogen-bond donors (Lipinski definition) is 0. The van der Waals surface area contributed by atoms with Crippen LogP contribution in [-0.2, 0) is 13.0 Å². The van der Waals surface area contributed by atoms with Crippen LogP contribution in [0.3, 0.4) is 0 Å². The number of rotatable bonds is 4. The monoisotopic (exact) mass is 390 g/mol. The van der Waals surface area contributed by atoms with Gasteiger partial charge in [0.25, 0.3) is 0 Å². The lowest BCUT2D eigenvalue weighted by molar-refractivity contribution is 0.312. The normalized spacial score (nSPS) is 14.9. The summed E-state index contributed by atoms with van der Waals surface area (Å²) in [7, 11) is 2.05. The third-order valence-corrected chi connectivity index (χ3v) is 5.60. The number of halogens is 1. The molecule has 0 radical (unpaired) electrons. The van der Waals surface area contributed by atoms with E-state index in [4.69, 9.17) is 0 Å². The maximum absolute atomic E-state index is 14.9. The number of aryl methyl sites for hydroxylation is 2. The molecule has 1 aliphatic heterocycles. The van der Waals surface area contributed by atoms with Crippen molar-refractivity contribution in [2.24, 2.45) is 0 Å². The van der Waals surface area contributed by atoms with Crippen LogP contribution in [0.4, 0.5) is 10.1 Å². The molecule has 148 valence electrons. The number of benzene rings is 2. The zero-order chi connectivity index (χ0) is 20.4. The fraction of sp³-hybridized carbons (Fsp3) is 0.304. The molecule has 6 heteroatoms. The molecule has 1 aromatic heterocycles. The number of nitrogens with zero attached hydrogens (tertiary/aromatic N) is 4. The van der Waals surface area contributed by atoms with Crippen molar-refractivity contribution >= 4 is 16.6 Å². The Morgan fingerprint density at radius 1 is 1.10 bits per heavy atom. The summed E-state index contributed by atoms with van der Waals surface area (Å²) in [5.74, 6) is -0.413. The molecule has 2 heterocycles. The third kappa shape index (κ3) is 3.87. The van der Waals surface area contributed by atoms with E-state index in [1.54, 1.807) is 12.3 Å². The quantitative estimate of drug-likeness (QED) is 0.687. The lowest BCUT2D eigenvalue weighted by atomic mass is 10.1. The first-order valence-corrected chi connectivity index (χ1v) is 9.81.